The van der Waals surface area contributed by atoms with Gasteiger partial charge in [0.1, 0.15) is 22.5 Å². The van der Waals surface area contributed by atoms with E-state index in [0.717, 1.165) is 21.2 Å². The molecule has 4 rings (SSSR count). The largest absolute Gasteiger partial charge is 0.490 e. The number of primary amides is 1. The van der Waals surface area contributed by atoms with Crippen LogP contribution in [0.25, 0.3) is 22.4 Å². The number of nitrogens with two attached hydrogens (primary N) is 1. The monoisotopic (exact) mass is 545 g/mol. The number of ether oxygens (including phenoxy) is 2. The maximum atomic E-state index is 11.3. The molecule has 6 nitrogen and oxygen atoms in total. The summed E-state index contributed by atoms with van der Waals surface area (Å²) in [6.07, 6.45) is 0. The van der Waals surface area contributed by atoms with Crippen molar-refractivity contribution in [3.63, 3.8) is 0 Å². The summed E-state index contributed by atoms with van der Waals surface area (Å²) < 4.78 is 14.2. The van der Waals surface area contributed by atoms with Gasteiger partial charge in [-0.2, -0.15) is 16.4 Å². The van der Waals surface area contributed by atoms with Crippen LogP contribution in [0, 0.1) is 0 Å². The summed E-state index contributed by atoms with van der Waals surface area (Å²) in [7, 11) is 0. The number of amides is 1. The van der Waals surface area contributed by atoms with Gasteiger partial charge in [0.05, 0.1) is 18.2 Å². The molecule has 170 valence electrons. The highest BCUT2D eigenvalue weighted by atomic mass is 79.9. The van der Waals surface area contributed by atoms with Crippen LogP contribution in [0.3, 0.4) is 0 Å². The first-order valence-electron chi connectivity index (χ1n) is 10.2. The van der Waals surface area contributed by atoms with Crippen molar-refractivity contribution in [3.05, 3.63) is 74.3 Å². The lowest BCUT2D eigenvalue weighted by Gasteiger charge is -2.11. The van der Waals surface area contributed by atoms with Crippen LogP contribution in [0.4, 0.5) is 0 Å². The Hall–Kier alpha value is -2.81. The second kappa shape index (κ2) is 10.4. The molecule has 0 saturated heterocycles. The second-order valence-electron chi connectivity index (χ2n) is 7.07. The van der Waals surface area contributed by atoms with Gasteiger partial charge in [-0.1, -0.05) is 29.8 Å². The highest BCUT2D eigenvalue weighted by Gasteiger charge is 2.19. The summed E-state index contributed by atoms with van der Waals surface area (Å²) in [6.45, 7) is 3.21. The number of carbonyl (C=O) groups is 1. The predicted octanol–water partition coefficient (Wildman–Crippen LogP) is 6.27. The first kappa shape index (κ1) is 23.4. The van der Waals surface area contributed by atoms with E-state index in [4.69, 9.17) is 31.9 Å². The Morgan fingerprint density at radius 1 is 1.12 bits per heavy atom. The fourth-order valence-corrected chi connectivity index (χ4v) is 4.82. The third-order valence-electron chi connectivity index (χ3n) is 4.92. The van der Waals surface area contributed by atoms with E-state index < -0.39 is 5.91 Å². The Balaban J connectivity index is 1.50. The molecular weight excluding hydrogens is 526 g/mol. The van der Waals surface area contributed by atoms with Gasteiger partial charge in [-0.15, -0.1) is 0 Å². The fraction of sp³-hybridized carbons (Fsp3) is 0.167. The van der Waals surface area contributed by atoms with E-state index in [2.05, 4.69) is 27.4 Å². The zero-order chi connectivity index (χ0) is 23.4. The Morgan fingerprint density at radius 2 is 1.88 bits per heavy atom. The molecule has 2 N–H and O–H groups in total. The number of hydrogen-bond donors (Lipinski definition) is 1. The molecule has 2 aromatic carbocycles. The van der Waals surface area contributed by atoms with E-state index in [1.165, 1.54) is 0 Å². The zero-order valence-corrected chi connectivity index (χ0v) is 20.9. The minimum atomic E-state index is -0.472. The van der Waals surface area contributed by atoms with Gasteiger partial charge in [0, 0.05) is 11.1 Å². The standard InChI is InChI=1S/C24H21BrClN3O3S/c1-2-31-24-21(25)22(15-3-5-16(6-4-15)23(27)30)28-29(24)10-11-32-20-8-7-17(13-19(20)26)18-9-12-33-14-18/h3-9,12-14H,2,10-11H2,1H3,(H2,27,30). The van der Waals surface area contributed by atoms with E-state index in [-0.39, 0.29) is 0 Å². The molecule has 0 aliphatic carbocycles. The van der Waals surface area contributed by atoms with Crippen molar-refractivity contribution < 1.29 is 14.3 Å². The van der Waals surface area contributed by atoms with E-state index >= 15 is 0 Å². The fourth-order valence-electron chi connectivity index (χ4n) is 3.30. The van der Waals surface area contributed by atoms with Crippen LogP contribution in [-0.4, -0.2) is 28.9 Å². The molecule has 9 heteroatoms. The minimum absolute atomic E-state index is 0.353. The molecule has 0 saturated carbocycles. The maximum Gasteiger partial charge on any atom is 0.248 e. The Labute approximate surface area is 209 Å². The summed E-state index contributed by atoms with van der Waals surface area (Å²) in [4.78, 5) is 11.3. The SMILES string of the molecule is CCOc1c(Br)c(-c2ccc(C(N)=O)cc2)nn1CCOc1ccc(-c2ccsc2)cc1Cl. The van der Waals surface area contributed by atoms with Gasteiger partial charge in [0.25, 0.3) is 0 Å². The smallest absolute Gasteiger partial charge is 0.248 e. The zero-order valence-electron chi connectivity index (χ0n) is 17.8. The topological polar surface area (TPSA) is 79.4 Å². The number of benzene rings is 2. The van der Waals surface area contributed by atoms with Gasteiger partial charge in [-0.05, 0) is 75.1 Å². The molecule has 0 spiro atoms. The highest BCUT2D eigenvalue weighted by Crippen LogP contribution is 2.36. The summed E-state index contributed by atoms with van der Waals surface area (Å²) in [5.74, 6) is 0.747. The quantitative estimate of drug-likeness (QED) is 0.268. The van der Waals surface area contributed by atoms with Crippen molar-refractivity contribution in [2.24, 2.45) is 5.73 Å². The lowest BCUT2D eigenvalue weighted by molar-refractivity contribution is 0.100. The molecule has 0 fully saturated rings. The summed E-state index contributed by atoms with van der Waals surface area (Å²) in [5, 5.41) is 9.36. The van der Waals surface area contributed by atoms with Gasteiger partial charge in [-0.25, -0.2) is 4.68 Å². The summed E-state index contributed by atoms with van der Waals surface area (Å²) >= 11 is 11.7. The van der Waals surface area contributed by atoms with Crippen LogP contribution >= 0.6 is 38.9 Å². The van der Waals surface area contributed by atoms with E-state index in [0.29, 0.717) is 47.7 Å². The molecule has 33 heavy (non-hydrogen) atoms. The van der Waals surface area contributed by atoms with Gasteiger partial charge < -0.3 is 15.2 Å². The maximum absolute atomic E-state index is 11.3. The molecule has 0 unspecified atom stereocenters. The molecule has 0 aliphatic rings. The Morgan fingerprint density at radius 3 is 2.52 bits per heavy atom. The molecule has 0 radical (unpaired) electrons. The Bertz CT molecular complexity index is 1260. The lowest BCUT2D eigenvalue weighted by atomic mass is 10.1. The summed E-state index contributed by atoms with van der Waals surface area (Å²) in [6, 6.07) is 14.8. The van der Waals surface area contributed by atoms with E-state index in [9.17, 15) is 4.79 Å². The first-order valence-corrected chi connectivity index (χ1v) is 12.3. The minimum Gasteiger partial charge on any atom is -0.490 e. The number of rotatable bonds is 9. The number of aromatic nitrogens is 2. The van der Waals surface area contributed by atoms with Crippen LogP contribution in [0.5, 0.6) is 11.6 Å². The second-order valence-corrected chi connectivity index (χ2v) is 9.05. The van der Waals surface area contributed by atoms with Gasteiger partial charge in [0.15, 0.2) is 0 Å². The van der Waals surface area contributed by atoms with E-state index in [1.54, 1.807) is 40.3 Å². The molecule has 0 aliphatic heterocycles. The number of halogens is 2. The number of carbonyl (C=O) groups excluding carboxylic acids is 1. The van der Waals surface area contributed by atoms with Gasteiger partial charge in [-0.3, -0.25) is 4.79 Å². The molecule has 4 aromatic rings. The first-order chi connectivity index (χ1) is 16.0. The van der Waals surface area contributed by atoms with Crippen molar-refractivity contribution in [3.8, 4) is 34.0 Å². The van der Waals surface area contributed by atoms with Crippen molar-refractivity contribution in [2.75, 3.05) is 13.2 Å². The molecular formula is C24H21BrClN3O3S. The van der Waals surface area contributed by atoms with Crippen LogP contribution < -0.4 is 15.2 Å². The third-order valence-corrected chi connectivity index (χ3v) is 6.62. The van der Waals surface area contributed by atoms with Gasteiger partial charge >= 0.3 is 0 Å². The molecule has 2 heterocycles. The molecule has 0 atom stereocenters. The van der Waals surface area contributed by atoms with Gasteiger partial charge in [0.2, 0.25) is 11.8 Å². The van der Waals surface area contributed by atoms with Crippen molar-refractivity contribution in [1.29, 1.82) is 0 Å². The van der Waals surface area contributed by atoms with Crippen LogP contribution in [-0.2, 0) is 6.54 Å². The Kier molecular flexibility index (Phi) is 7.37. The predicted molar refractivity (Wildman–Crippen MR) is 135 cm³/mol. The lowest BCUT2D eigenvalue weighted by Crippen LogP contribution is -2.12. The van der Waals surface area contributed by atoms with E-state index in [1.807, 2.05) is 30.5 Å². The average Bonchev–Trinajstić information content (AvgIpc) is 3.45. The van der Waals surface area contributed by atoms with Crippen LogP contribution in [0.2, 0.25) is 5.02 Å². The van der Waals surface area contributed by atoms with Crippen molar-refractivity contribution in [1.82, 2.24) is 9.78 Å². The number of hydrogen-bond acceptors (Lipinski definition) is 5. The molecule has 1 amide bonds. The number of nitrogens with zero attached hydrogens (tertiary/aromatic N) is 2. The van der Waals surface area contributed by atoms with Crippen LogP contribution in [0.1, 0.15) is 17.3 Å². The van der Waals surface area contributed by atoms with Crippen LogP contribution in [0.15, 0.2) is 63.8 Å². The van der Waals surface area contributed by atoms with Crippen molar-refractivity contribution >= 4 is 44.8 Å². The van der Waals surface area contributed by atoms with Crippen molar-refractivity contribution in [2.45, 2.75) is 13.5 Å². The normalized spacial score (nSPS) is 10.9. The highest BCUT2D eigenvalue weighted by molar-refractivity contribution is 9.10. The molecule has 2 aromatic heterocycles. The third kappa shape index (κ3) is 5.24. The summed E-state index contributed by atoms with van der Waals surface area (Å²) in [5.41, 5.74) is 9.49. The number of thiophene rings is 1. The average molecular weight is 547 g/mol. The molecule has 0 bridgehead atoms.